The maximum absolute atomic E-state index is 12.1. The van der Waals surface area contributed by atoms with Gasteiger partial charge in [0.15, 0.2) is 5.11 Å². The van der Waals surface area contributed by atoms with Gasteiger partial charge < -0.3 is 16.0 Å². The van der Waals surface area contributed by atoms with Crippen molar-refractivity contribution in [2.24, 2.45) is 7.05 Å². The number of nitrogens with one attached hydrogen (secondary N) is 3. The average Bonchev–Trinajstić information content (AvgIpc) is 3.10. The summed E-state index contributed by atoms with van der Waals surface area (Å²) in [5.41, 5.74) is 4.31. The van der Waals surface area contributed by atoms with Crippen LogP contribution in [0.3, 0.4) is 0 Å². The van der Waals surface area contributed by atoms with E-state index in [1.807, 2.05) is 73.7 Å². The smallest absolute Gasteiger partial charge is 0.243 e. The Morgan fingerprint density at radius 3 is 2.55 bits per heavy atom. The normalized spacial score (nSPS) is 10.4. The summed E-state index contributed by atoms with van der Waals surface area (Å²) in [7, 11) is 2.00. The fourth-order valence-corrected chi connectivity index (χ4v) is 3.08. The highest BCUT2D eigenvalue weighted by atomic mass is 32.1. The first kappa shape index (κ1) is 20.5. The zero-order valence-electron chi connectivity index (χ0n) is 16.7. The minimum Gasteiger partial charge on any atom is -0.353 e. The molecule has 0 radical (unpaired) electrons. The lowest BCUT2D eigenvalue weighted by atomic mass is 10.1. The molecule has 0 aliphatic heterocycles. The van der Waals surface area contributed by atoms with Gasteiger partial charge in [0.05, 0.1) is 13.6 Å². The van der Waals surface area contributed by atoms with Gasteiger partial charge in [-0.1, -0.05) is 36.4 Å². The van der Waals surface area contributed by atoms with Crippen LogP contribution in [0.15, 0.2) is 67.3 Å². The standard InChI is InChI=1S/C22H25N5OS/c1-17-4-3-5-20(12-17)25-22(29)24-14-21(28)23-13-18-6-8-19(9-7-18)15-27-11-10-26(2)16-27/h3-12,16H,13-15H2,1-2H3,(H2-,23,24,25,28,29)/p+1. The van der Waals surface area contributed by atoms with Crippen LogP contribution in [-0.2, 0) is 24.9 Å². The minimum absolute atomic E-state index is 0.109. The molecule has 0 atom stereocenters. The Morgan fingerprint density at radius 2 is 1.86 bits per heavy atom. The quantitative estimate of drug-likeness (QED) is 0.415. The van der Waals surface area contributed by atoms with Crippen LogP contribution in [0.25, 0.3) is 0 Å². The van der Waals surface area contributed by atoms with Gasteiger partial charge in [-0.25, -0.2) is 9.13 Å². The molecule has 0 bridgehead atoms. The molecule has 2 aromatic carbocycles. The fraction of sp³-hybridized carbons (Fsp3) is 0.227. The molecule has 0 aliphatic rings. The van der Waals surface area contributed by atoms with E-state index in [0.29, 0.717) is 11.7 Å². The first-order chi connectivity index (χ1) is 14.0. The van der Waals surface area contributed by atoms with E-state index in [9.17, 15) is 4.79 Å². The Balaban J connectivity index is 1.39. The van der Waals surface area contributed by atoms with E-state index in [4.69, 9.17) is 12.2 Å². The summed E-state index contributed by atoms with van der Waals surface area (Å²) in [4.78, 5) is 12.1. The van der Waals surface area contributed by atoms with Gasteiger partial charge in [-0.2, -0.15) is 0 Å². The Labute approximate surface area is 176 Å². The molecule has 1 heterocycles. The van der Waals surface area contributed by atoms with Crippen molar-refractivity contribution >= 4 is 28.9 Å². The highest BCUT2D eigenvalue weighted by Gasteiger charge is 2.05. The Morgan fingerprint density at radius 1 is 1.10 bits per heavy atom. The van der Waals surface area contributed by atoms with Gasteiger partial charge in [-0.15, -0.1) is 0 Å². The number of aryl methyl sites for hydroxylation is 2. The van der Waals surface area contributed by atoms with Crippen LogP contribution < -0.4 is 20.5 Å². The molecule has 150 valence electrons. The number of anilines is 1. The van der Waals surface area contributed by atoms with Crippen molar-refractivity contribution in [3.8, 4) is 0 Å². The Kier molecular flexibility index (Phi) is 6.97. The molecule has 3 aromatic rings. The van der Waals surface area contributed by atoms with Crippen LogP contribution in [0.5, 0.6) is 0 Å². The van der Waals surface area contributed by atoms with Gasteiger partial charge in [-0.05, 0) is 48.0 Å². The molecular formula is C22H26N5OS+. The van der Waals surface area contributed by atoms with Crippen molar-refractivity contribution in [1.82, 2.24) is 15.2 Å². The molecule has 7 heteroatoms. The zero-order valence-corrected chi connectivity index (χ0v) is 17.5. The minimum atomic E-state index is -0.109. The summed E-state index contributed by atoms with van der Waals surface area (Å²) in [6, 6.07) is 16.1. The van der Waals surface area contributed by atoms with E-state index in [1.165, 1.54) is 5.56 Å². The van der Waals surface area contributed by atoms with Crippen LogP contribution in [0.2, 0.25) is 0 Å². The second-order valence-corrected chi connectivity index (χ2v) is 7.43. The summed E-state index contributed by atoms with van der Waals surface area (Å²) in [6.45, 7) is 3.45. The van der Waals surface area contributed by atoms with E-state index in [0.717, 1.165) is 23.4 Å². The van der Waals surface area contributed by atoms with Crippen LogP contribution >= 0.6 is 12.2 Å². The third-order valence-corrected chi connectivity index (χ3v) is 4.63. The molecule has 0 spiro atoms. The van der Waals surface area contributed by atoms with Crippen LogP contribution in [-0.4, -0.2) is 22.1 Å². The van der Waals surface area contributed by atoms with Gasteiger partial charge in [0, 0.05) is 12.2 Å². The zero-order chi connectivity index (χ0) is 20.6. The summed E-state index contributed by atoms with van der Waals surface area (Å²) in [5.74, 6) is -0.109. The number of benzene rings is 2. The SMILES string of the molecule is Cc1cccc(NC(=S)NCC(=O)NCc2ccc(Cn3cc[n+](C)c3)cc2)c1. The number of hydrogen-bond acceptors (Lipinski definition) is 2. The van der Waals surface area contributed by atoms with E-state index < -0.39 is 0 Å². The number of thiocarbonyl (C=S) groups is 1. The third kappa shape index (κ3) is 6.73. The molecule has 0 unspecified atom stereocenters. The number of aromatic nitrogens is 2. The van der Waals surface area contributed by atoms with E-state index >= 15 is 0 Å². The first-order valence-corrected chi connectivity index (χ1v) is 9.86. The van der Waals surface area contributed by atoms with Crippen molar-refractivity contribution in [2.75, 3.05) is 11.9 Å². The van der Waals surface area contributed by atoms with Gasteiger partial charge >= 0.3 is 0 Å². The molecule has 0 saturated heterocycles. The van der Waals surface area contributed by atoms with E-state index in [1.54, 1.807) is 0 Å². The van der Waals surface area contributed by atoms with Gasteiger partial charge in [0.1, 0.15) is 18.9 Å². The van der Waals surface area contributed by atoms with Crippen molar-refractivity contribution in [1.29, 1.82) is 0 Å². The maximum Gasteiger partial charge on any atom is 0.243 e. The van der Waals surface area contributed by atoms with E-state index in [2.05, 4.69) is 32.7 Å². The predicted molar refractivity (Wildman–Crippen MR) is 118 cm³/mol. The molecule has 1 aromatic heterocycles. The third-order valence-electron chi connectivity index (χ3n) is 4.39. The van der Waals surface area contributed by atoms with Gasteiger partial charge in [0.25, 0.3) is 0 Å². The van der Waals surface area contributed by atoms with Gasteiger partial charge in [-0.3, -0.25) is 4.79 Å². The number of nitrogens with zero attached hydrogens (tertiary/aromatic N) is 2. The highest BCUT2D eigenvalue weighted by Crippen LogP contribution is 2.09. The lowest BCUT2D eigenvalue weighted by Crippen LogP contribution is -2.38. The number of carbonyl (C=O) groups is 1. The molecule has 3 N–H and O–H groups in total. The van der Waals surface area contributed by atoms with Crippen LogP contribution in [0.1, 0.15) is 16.7 Å². The van der Waals surface area contributed by atoms with Crippen molar-refractivity contribution < 1.29 is 9.36 Å². The number of rotatable bonds is 7. The molecular weight excluding hydrogens is 382 g/mol. The second kappa shape index (κ2) is 9.84. The fourth-order valence-electron chi connectivity index (χ4n) is 2.89. The number of hydrogen-bond donors (Lipinski definition) is 3. The number of carbonyl (C=O) groups excluding carboxylic acids is 1. The molecule has 29 heavy (non-hydrogen) atoms. The van der Waals surface area contributed by atoms with Gasteiger partial charge in [0.2, 0.25) is 12.2 Å². The largest absolute Gasteiger partial charge is 0.353 e. The topological polar surface area (TPSA) is 62.0 Å². The number of amides is 1. The molecule has 0 aliphatic carbocycles. The average molecular weight is 409 g/mol. The second-order valence-electron chi connectivity index (χ2n) is 7.02. The Hall–Kier alpha value is -3.19. The van der Waals surface area contributed by atoms with Crippen molar-refractivity contribution in [3.63, 3.8) is 0 Å². The lowest BCUT2D eigenvalue weighted by molar-refractivity contribution is -0.671. The molecule has 0 saturated carbocycles. The van der Waals surface area contributed by atoms with Crippen molar-refractivity contribution in [3.05, 3.63) is 83.9 Å². The molecule has 1 amide bonds. The molecule has 0 fully saturated rings. The predicted octanol–water partition coefficient (Wildman–Crippen LogP) is 2.27. The summed E-state index contributed by atoms with van der Waals surface area (Å²) >= 11 is 5.24. The molecule has 6 nitrogen and oxygen atoms in total. The van der Waals surface area contributed by atoms with Crippen molar-refractivity contribution in [2.45, 2.75) is 20.0 Å². The van der Waals surface area contributed by atoms with E-state index in [-0.39, 0.29) is 12.5 Å². The highest BCUT2D eigenvalue weighted by molar-refractivity contribution is 7.80. The lowest BCUT2D eigenvalue weighted by Gasteiger charge is -2.11. The monoisotopic (exact) mass is 408 g/mol. The first-order valence-electron chi connectivity index (χ1n) is 9.45. The summed E-state index contributed by atoms with van der Waals surface area (Å²) < 4.78 is 4.14. The summed E-state index contributed by atoms with van der Waals surface area (Å²) in [6.07, 6.45) is 6.10. The number of imidazole rings is 1. The maximum atomic E-state index is 12.1. The molecule has 3 rings (SSSR count). The van der Waals surface area contributed by atoms with Crippen LogP contribution in [0.4, 0.5) is 5.69 Å². The Bertz CT molecular complexity index is 981. The van der Waals surface area contributed by atoms with Crippen LogP contribution in [0, 0.1) is 6.92 Å². The summed E-state index contributed by atoms with van der Waals surface area (Å²) in [5, 5.41) is 9.33.